The van der Waals surface area contributed by atoms with Gasteiger partial charge in [0.05, 0.1) is 15.6 Å². The van der Waals surface area contributed by atoms with Crippen molar-refractivity contribution in [3.05, 3.63) is 45.9 Å². The molecule has 106 valence electrons. The average Bonchev–Trinajstić information content (AvgIpc) is 2.32. The van der Waals surface area contributed by atoms with Crippen LogP contribution in [0.3, 0.4) is 0 Å². The van der Waals surface area contributed by atoms with Crippen LogP contribution in [0.5, 0.6) is 11.6 Å². The Morgan fingerprint density at radius 1 is 1.05 bits per heavy atom. The van der Waals surface area contributed by atoms with Crippen LogP contribution in [0.2, 0.25) is 10.0 Å². The number of hydrogen-bond acceptors (Lipinski definition) is 3. The molecular formula is C12H7Cl2F3N2O. The van der Waals surface area contributed by atoms with E-state index in [4.69, 9.17) is 33.7 Å². The third-order valence-corrected chi connectivity index (χ3v) is 3.00. The van der Waals surface area contributed by atoms with Gasteiger partial charge in [-0.15, -0.1) is 0 Å². The predicted octanol–water partition coefficient (Wildman–Crippen LogP) is 4.78. The molecule has 2 rings (SSSR count). The number of alkyl halides is 3. The lowest BCUT2D eigenvalue weighted by atomic mass is 10.2. The molecule has 20 heavy (non-hydrogen) atoms. The van der Waals surface area contributed by atoms with E-state index < -0.39 is 11.7 Å². The number of halogens is 5. The summed E-state index contributed by atoms with van der Waals surface area (Å²) in [6, 6.07) is 5.74. The number of anilines is 1. The molecule has 8 heteroatoms. The number of pyridine rings is 1. The zero-order chi connectivity index (χ0) is 14.9. The molecular weight excluding hydrogens is 316 g/mol. The zero-order valence-electron chi connectivity index (χ0n) is 9.71. The lowest BCUT2D eigenvalue weighted by Gasteiger charge is -2.10. The highest BCUT2D eigenvalue weighted by Gasteiger charge is 2.31. The van der Waals surface area contributed by atoms with Crippen LogP contribution in [0.1, 0.15) is 5.56 Å². The minimum absolute atomic E-state index is 0.200. The second-order valence-corrected chi connectivity index (χ2v) is 4.61. The second-order valence-electron chi connectivity index (χ2n) is 3.79. The topological polar surface area (TPSA) is 48.1 Å². The van der Waals surface area contributed by atoms with E-state index >= 15 is 0 Å². The van der Waals surface area contributed by atoms with Gasteiger partial charge in [-0.2, -0.15) is 18.2 Å². The normalized spacial score (nSPS) is 11.4. The molecule has 0 aliphatic carbocycles. The third kappa shape index (κ3) is 3.46. The fraction of sp³-hybridized carbons (Fsp3) is 0.0833. The van der Waals surface area contributed by atoms with Gasteiger partial charge in [0.25, 0.3) is 0 Å². The van der Waals surface area contributed by atoms with Gasteiger partial charge in [-0.25, -0.2) is 0 Å². The molecule has 0 saturated heterocycles. The summed E-state index contributed by atoms with van der Waals surface area (Å²) in [4.78, 5) is 3.67. The second kappa shape index (κ2) is 5.38. The summed E-state index contributed by atoms with van der Waals surface area (Å²) in [6.45, 7) is 0. The maximum absolute atomic E-state index is 12.6. The highest BCUT2D eigenvalue weighted by atomic mass is 35.5. The number of nitrogens with two attached hydrogens (primary N) is 1. The third-order valence-electron chi connectivity index (χ3n) is 2.26. The van der Waals surface area contributed by atoms with Gasteiger partial charge in [-0.3, -0.25) is 0 Å². The zero-order valence-corrected chi connectivity index (χ0v) is 11.2. The fourth-order valence-electron chi connectivity index (χ4n) is 1.40. The number of ether oxygens (including phenoxy) is 1. The summed E-state index contributed by atoms with van der Waals surface area (Å²) in [5.41, 5.74) is 4.38. The van der Waals surface area contributed by atoms with Crippen LogP contribution in [0.4, 0.5) is 19.0 Å². The molecule has 0 spiro atoms. The standard InChI is InChI=1S/C12H7Cl2F3N2O/c13-8-2-1-7(5-9(8)14)20-11-4-6(12(15,16)17)3-10(18)19-11/h1-5H,(H2,18,19). The Balaban J connectivity index is 2.33. The minimum Gasteiger partial charge on any atom is -0.439 e. The Kier molecular flexibility index (Phi) is 3.96. The summed E-state index contributed by atoms with van der Waals surface area (Å²) < 4.78 is 43.1. The monoisotopic (exact) mass is 322 g/mol. The summed E-state index contributed by atoms with van der Waals surface area (Å²) in [5, 5.41) is 0.514. The Morgan fingerprint density at radius 2 is 1.75 bits per heavy atom. The first kappa shape index (κ1) is 14.7. The predicted molar refractivity (Wildman–Crippen MR) is 70.2 cm³/mol. The lowest BCUT2D eigenvalue weighted by molar-refractivity contribution is -0.137. The van der Waals surface area contributed by atoms with Crippen molar-refractivity contribution in [3.63, 3.8) is 0 Å². The largest absolute Gasteiger partial charge is 0.439 e. The molecule has 0 unspecified atom stereocenters. The van der Waals surface area contributed by atoms with E-state index in [-0.39, 0.29) is 22.5 Å². The molecule has 0 amide bonds. The Hall–Kier alpha value is -1.66. The lowest BCUT2D eigenvalue weighted by Crippen LogP contribution is -2.07. The van der Waals surface area contributed by atoms with Gasteiger partial charge in [0.15, 0.2) is 0 Å². The number of benzene rings is 1. The summed E-state index contributed by atoms with van der Waals surface area (Å²) >= 11 is 11.5. The molecule has 0 aliphatic rings. The van der Waals surface area contributed by atoms with E-state index in [1.165, 1.54) is 18.2 Å². The quantitative estimate of drug-likeness (QED) is 0.865. The molecule has 1 aromatic heterocycles. The first-order valence-corrected chi connectivity index (χ1v) is 5.99. The molecule has 0 atom stereocenters. The molecule has 2 aromatic rings. The first-order valence-electron chi connectivity index (χ1n) is 5.23. The van der Waals surface area contributed by atoms with Crippen LogP contribution < -0.4 is 10.5 Å². The Labute approximate surface area is 122 Å². The van der Waals surface area contributed by atoms with E-state index in [0.29, 0.717) is 5.02 Å². The molecule has 1 aromatic carbocycles. The van der Waals surface area contributed by atoms with Crippen molar-refractivity contribution in [3.8, 4) is 11.6 Å². The molecule has 3 nitrogen and oxygen atoms in total. The van der Waals surface area contributed by atoms with Gasteiger partial charge in [0.1, 0.15) is 11.6 Å². The van der Waals surface area contributed by atoms with Crippen molar-refractivity contribution in [1.82, 2.24) is 4.98 Å². The van der Waals surface area contributed by atoms with Gasteiger partial charge >= 0.3 is 6.18 Å². The van der Waals surface area contributed by atoms with E-state index in [1.807, 2.05) is 0 Å². The van der Waals surface area contributed by atoms with Gasteiger partial charge < -0.3 is 10.5 Å². The fourth-order valence-corrected chi connectivity index (χ4v) is 1.69. The van der Waals surface area contributed by atoms with Crippen molar-refractivity contribution < 1.29 is 17.9 Å². The molecule has 1 heterocycles. The number of hydrogen-bond donors (Lipinski definition) is 1. The van der Waals surface area contributed by atoms with Crippen molar-refractivity contribution in [2.45, 2.75) is 6.18 Å². The van der Waals surface area contributed by atoms with Gasteiger partial charge in [0, 0.05) is 12.1 Å². The van der Waals surface area contributed by atoms with Crippen LogP contribution in [0.15, 0.2) is 30.3 Å². The molecule has 0 radical (unpaired) electrons. The first-order chi connectivity index (χ1) is 9.25. The minimum atomic E-state index is -4.53. The van der Waals surface area contributed by atoms with Crippen LogP contribution in [-0.4, -0.2) is 4.98 Å². The molecule has 0 saturated carbocycles. The van der Waals surface area contributed by atoms with E-state index in [2.05, 4.69) is 4.98 Å². The summed E-state index contributed by atoms with van der Waals surface area (Å²) in [7, 11) is 0. The van der Waals surface area contributed by atoms with E-state index in [9.17, 15) is 13.2 Å². The van der Waals surface area contributed by atoms with Gasteiger partial charge in [-0.05, 0) is 18.2 Å². The van der Waals surface area contributed by atoms with Crippen molar-refractivity contribution in [2.75, 3.05) is 5.73 Å². The number of nitrogens with zero attached hydrogens (tertiary/aromatic N) is 1. The highest BCUT2D eigenvalue weighted by Crippen LogP contribution is 2.34. The van der Waals surface area contributed by atoms with Gasteiger partial charge in [0.2, 0.25) is 5.88 Å². The van der Waals surface area contributed by atoms with Gasteiger partial charge in [-0.1, -0.05) is 23.2 Å². The SMILES string of the molecule is Nc1cc(C(F)(F)F)cc(Oc2ccc(Cl)c(Cl)c2)n1. The summed E-state index contributed by atoms with van der Waals surface area (Å²) in [5.74, 6) is -0.378. The highest BCUT2D eigenvalue weighted by molar-refractivity contribution is 6.42. The number of nitrogen functional groups attached to an aromatic ring is 1. The van der Waals surface area contributed by atoms with E-state index in [0.717, 1.165) is 12.1 Å². The van der Waals surface area contributed by atoms with Crippen molar-refractivity contribution in [2.24, 2.45) is 0 Å². The summed E-state index contributed by atoms with van der Waals surface area (Å²) in [6.07, 6.45) is -4.53. The Bertz CT molecular complexity index is 647. The maximum Gasteiger partial charge on any atom is 0.416 e. The maximum atomic E-state index is 12.6. The van der Waals surface area contributed by atoms with Crippen LogP contribution in [0.25, 0.3) is 0 Å². The number of aromatic nitrogens is 1. The van der Waals surface area contributed by atoms with Crippen LogP contribution in [-0.2, 0) is 6.18 Å². The average molecular weight is 323 g/mol. The number of rotatable bonds is 2. The van der Waals surface area contributed by atoms with Crippen molar-refractivity contribution in [1.29, 1.82) is 0 Å². The van der Waals surface area contributed by atoms with Crippen LogP contribution >= 0.6 is 23.2 Å². The van der Waals surface area contributed by atoms with E-state index in [1.54, 1.807) is 0 Å². The molecule has 0 fully saturated rings. The molecule has 0 aliphatic heterocycles. The van der Waals surface area contributed by atoms with Crippen molar-refractivity contribution >= 4 is 29.0 Å². The molecule has 2 N–H and O–H groups in total. The van der Waals surface area contributed by atoms with Crippen LogP contribution in [0, 0.1) is 0 Å². The smallest absolute Gasteiger partial charge is 0.416 e. The molecule has 0 bridgehead atoms. The Morgan fingerprint density at radius 3 is 2.35 bits per heavy atom.